The highest BCUT2D eigenvalue weighted by molar-refractivity contribution is 7.12. The summed E-state index contributed by atoms with van der Waals surface area (Å²) in [5, 5.41) is 8.87. The van der Waals surface area contributed by atoms with E-state index in [-0.39, 0.29) is 11.8 Å². The minimum Gasteiger partial charge on any atom is -0.326 e. The monoisotopic (exact) mass is 391 g/mol. The Morgan fingerprint density at radius 3 is 2.46 bits per heavy atom. The molecule has 3 aromatic rings. The van der Waals surface area contributed by atoms with Crippen molar-refractivity contribution in [1.82, 2.24) is 5.43 Å². The van der Waals surface area contributed by atoms with Crippen molar-refractivity contribution in [1.29, 1.82) is 0 Å². The van der Waals surface area contributed by atoms with Gasteiger partial charge >= 0.3 is 0 Å². The fourth-order valence-corrected chi connectivity index (χ4v) is 3.53. The van der Waals surface area contributed by atoms with Crippen LogP contribution in [0.4, 0.5) is 5.69 Å². The van der Waals surface area contributed by atoms with Crippen LogP contribution < -0.4 is 10.7 Å². The lowest BCUT2D eigenvalue weighted by Crippen LogP contribution is -2.19. The molecule has 0 aliphatic heterocycles. The normalized spacial score (nSPS) is 11.2. The second-order valence-corrected chi connectivity index (χ2v) is 7.35. The van der Waals surface area contributed by atoms with E-state index in [9.17, 15) is 9.59 Å². The number of amides is 2. The maximum absolute atomic E-state index is 12.7. The predicted molar refractivity (Wildman–Crippen MR) is 115 cm³/mol. The first-order valence-corrected chi connectivity index (χ1v) is 9.69. The molecule has 0 aliphatic carbocycles. The smallest absolute Gasteiger partial charge is 0.282 e. The van der Waals surface area contributed by atoms with E-state index in [0.29, 0.717) is 16.3 Å². The lowest BCUT2D eigenvalue weighted by Gasteiger charge is -2.07. The van der Waals surface area contributed by atoms with Crippen LogP contribution in [0.2, 0.25) is 0 Å². The molecule has 2 N–H and O–H groups in total. The Morgan fingerprint density at radius 2 is 1.75 bits per heavy atom. The molecule has 1 heterocycles. The van der Waals surface area contributed by atoms with Crippen LogP contribution in [0.15, 0.2) is 65.1 Å². The second-order valence-electron chi connectivity index (χ2n) is 6.43. The number of hydrogen-bond donors (Lipinski definition) is 2. The summed E-state index contributed by atoms with van der Waals surface area (Å²) < 4.78 is 0. The fourth-order valence-electron chi connectivity index (χ4n) is 2.72. The highest BCUT2D eigenvalue weighted by Crippen LogP contribution is 2.28. The Kier molecular flexibility index (Phi) is 6.01. The molecule has 142 valence electrons. The lowest BCUT2D eigenvalue weighted by molar-refractivity contribution is -0.114. The fraction of sp³-hybridized carbons (Fsp3) is 0.136. The van der Waals surface area contributed by atoms with Crippen molar-refractivity contribution in [3.05, 3.63) is 76.0 Å². The number of benzene rings is 2. The lowest BCUT2D eigenvalue weighted by atomic mass is 10.1. The Hall–Kier alpha value is -3.25. The minimum absolute atomic E-state index is 0.138. The number of carbonyl (C=O) groups is 2. The van der Waals surface area contributed by atoms with Gasteiger partial charge in [-0.25, -0.2) is 5.43 Å². The van der Waals surface area contributed by atoms with Gasteiger partial charge in [0.1, 0.15) is 4.88 Å². The molecule has 0 spiro atoms. The molecule has 1 aromatic heterocycles. The number of hydrogen-bond acceptors (Lipinski definition) is 4. The van der Waals surface area contributed by atoms with Gasteiger partial charge in [0.2, 0.25) is 5.91 Å². The number of carbonyl (C=O) groups excluding carboxylic acids is 2. The van der Waals surface area contributed by atoms with Gasteiger partial charge in [0.15, 0.2) is 0 Å². The third kappa shape index (κ3) is 4.72. The molecule has 0 aliphatic rings. The van der Waals surface area contributed by atoms with Crippen LogP contribution in [0, 0.1) is 6.92 Å². The topological polar surface area (TPSA) is 70.6 Å². The van der Waals surface area contributed by atoms with Gasteiger partial charge < -0.3 is 5.32 Å². The van der Waals surface area contributed by atoms with Crippen LogP contribution in [-0.4, -0.2) is 17.5 Å². The molecule has 0 saturated carbocycles. The first-order chi connectivity index (χ1) is 13.4. The third-order valence-electron chi connectivity index (χ3n) is 4.16. The summed E-state index contributed by atoms with van der Waals surface area (Å²) in [4.78, 5) is 24.5. The predicted octanol–water partition coefficient (Wildman–Crippen LogP) is 4.84. The number of hydrazone groups is 1. The number of nitrogens with one attached hydrogen (secondary N) is 2. The molecule has 0 fully saturated rings. The van der Waals surface area contributed by atoms with Crippen LogP contribution in [-0.2, 0) is 4.79 Å². The van der Waals surface area contributed by atoms with Crippen LogP contribution in [0.3, 0.4) is 0 Å². The summed E-state index contributed by atoms with van der Waals surface area (Å²) >= 11 is 1.38. The van der Waals surface area contributed by atoms with Gasteiger partial charge in [-0.2, -0.15) is 5.10 Å². The summed E-state index contributed by atoms with van der Waals surface area (Å²) in [6.45, 7) is 5.30. The van der Waals surface area contributed by atoms with Gasteiger partial charge in [-0.3, -0.25) is 9.59 Å². The molecule has 0 bridgehead atoms. The van der Waals surface area contributed by atoms with Crippen molar-refractivity contribution in [3.63, 3.8) is 0 Å². The van der Waals surface area contributed by atoms with Crippen LogP contribution in [0.1, 0.15) is 34.6 Å². The van der Waals surface area contributed by atoms with Gasteiger partial charge in [0.25, 0.3) is 5.91 Å². The highest BCUT2D eigenvalue weighted by Gasteiger charge is 2.14. The van der Waals surface area contributed by atoms with Crippen molar-refractivity contribution in [2.24, 2.45) is 5.10 Å². The van der Waals surface area contributed by atoms with Crippen LogP contribution in [0.5, 0.6) is 0 Å². The molecule has 0 atom stereocenters. The van der Waals surface area contributed by atoms with E-state index in [1.54, 1.807) is 6.07 Å². The van der Waals surface area contributed by atoms with Gasteiger partial charge in [0, 0.05) is 18.2 Å². The number of thiophene rings is 1. The van der Waals surface area contributed by atoms with Crippen molar-refractivity contribution in [3.8, 4) is 11.1 Å². The Morgan fingerprint density at radius 1 is 1.00 bits per heavy atom. The van der Waals surface area contributed by atoms with Crippen molar-refractivity contribution in [2.45, 2.75) is 20.8 Å². The number of anilines is 1. The molecular weight excluding hydrogens is 370 g/mol. The summed E-state index contributed by atoms with van der Waals surface area (Å²) in [6, 6.07) is 17.3. The summed E-state index contributed by atoms with van der Waals surface area (Å²) in [6.07, 6.45) is 0. The van der Waals surface area contributed by atoms with Gasteiger partial charge in [0.05, 0.1) is 5.71 Å². The van der Waals surface area contributed by atoms with E-state index in [1.165, 1.54) is 23.8 Å². The molecule has 0 saturated heterocycles. The largest absolute Gasteiger partial charge is 0.326 e. The Balaban J connectivity index is 1.76. The van der Waals surface area contributed by atoms with Gasteiger partial charge in [-0.05, 0) is 48.6 Å². The van der Waals surface area contributed by atoms with E-state index < -0.39 is 0 Å². The molecule has 0 unspecified atom stereocenters. The first kappa shape index (κ1) is 19.5. The maximum atomic E-state index is 12.7. The molecular formula is C22H21N3O2S. The summed E-state index contributed by atoms with van der Waals surface area (Å²) in [7, 11) is 0. The summed E-state index contributed by atoms with van der Waals surface area (Å²) in [5.41, 5.74) is 7.85. The Bertz CT molecular complexity index is 1040. The van der Waals surface area contributed by atoms with E-state index in [1.807, 2.05) is 67.8 Å². The van der Waals surface area contributed by atoms with E-state index in [2.05, 4.69) is 15.8 Å². The minimum atomic E-state index is -0.247. The van der Waals surface area contributed by atoms with E-state index >= 15 is 0 Å². The second kappa shape index (κ2) is 8.63. The van der Waals surface area contributed by atoms with E-state index in [0.717, 1.165) is 16.7 Å². The Labute approximate surface area is 168 Å². The zero-order chi connectivity index (χ0) is 20.1. The van der Waals surface area contributed by atoms with Crippen molar-refractivity contribution >= 4 is 34.6 Å². The molecule has 28 heavy (non-hydrogen) atoms. The highest BCUT2D eigenvalue weighted by atomic mass is 32.1. The molecule has 6 heteroatoms. The van der Waals surface area contributed by atoms with Crippen molar-refractivity contribution < 1.29 is 9.59 Å². The van der Waals surface area contributed by atoms with Crippen LogP contribution >= 0.6 is 11.3 Å². The standard InChI is InChI=1S/C22H21N3O2S/c1-14-7-9-17(10-8-14)20-11-12-28-21(20)22(27)25-24-15(2)18-5-4-6-19(13-18)23-16(3)26/h4-13H,1-3H3,(H,23,26)(H,25,27)/b24-15-. The zero-order valence-corrected chi connectivity index (χ0v) is 16.8. The average Bonchev–Trinajstić information content (AvgIpc) is 3.16. The zero-order valence-electron chi connectivity index (χ0n) is 15.9. The maximum Gasteiger partial charge on any atom is 0.282 e. The molecule has 0 radical (unpaired) electrons. The summed E-state index contributed by atoms with van der Waals surface area (Å²) in [5.74, 6) is -0.385. The molecule has 2 aromatic carbocycles. The van der Waals surface area contributed by atoms with Gasteiger partial charge in [-0.15, -0.1) is 11.3 Å². The quantitative estimate of drug-likeness (QED) is 0.483. The van der Waals surface area contributed by atoms with E-state index in [4.69, 9.17) is 0 Å². The molecule has 3 rings (SSSR count). The van der Waals surface area contributed by atoms with Crippen LogP contribution in [0.25, 0.3) is 11.1 Å². The third-order valence-corrected chi connectivity index (χ3v) is 5.07. The first-order valence-electron chi connectivity index (χ1n) is 8.81. The number of rotatable bonds is 5. The van der Waals surface area contributed by atoms with Gasteiger partial charge in [-0.1, -0.05) is 42.0 Å². The number of aryl methyl sites for hydroxylation is 1. The van der Waals surface area contributed by atoms with Crippen molar-refractivity contribution in [2.75, 3.05) is 5.32 Å². The number of nitrogens with zero attached hydrogens (tertiary/aromatic N) is 1. The SMILES string of the molecule is CC(=O)Nc1cccc(/C(C)=N\NC(=O)c2sccc2-c2ccc(C)cc2)c1. The molecule has 2 amide bonds. The average molecular weight is 391 g/mol. The molecule has 5 nitrogen and oxygen atoms in total.